The molecule has 1 aromatic heterocycles. The van der Waals surface area contributed by atoms with E-state index in [4.69, 9.17) is 0 Å². The zero-order chi connectivity index (χ0) is 13.9. The highest BCUT2D eigenvalue weighted by Gasteiger charge is 2.22. The average Bonchev–Trinajstić information content (AvgIpc) is 2.77. The zero-order valence-electron chi connectivity index (χ0n) is 12.9. The van der Waals surface area contributed by atoms with Crippen molar-refractivity contribution in [2.75, 3.05) is 5.32 Å². The second-order valence-electron chi connectivity index (χ2n) is 7.15. The van der Waals surface area contributed by atoms with Crippen LogP contribution in [0.25, 0.3) is 0 Å². The Labute approximate surface area is 117 Å². The summed E-state index contributed by atoms with van der Waals surface area (Å²) < 4.78 is 2.28. The first-order valence-electron chi connectivity index (χ1n) is 7.74. The molecular formula is C16H29N3. The molecular weight excluding hydrogens is 234 g/mol. The third kappa shape index (κ3) is 3.99. The van der Waals surface area contributed by atoms with Crippen LogP contribution in [0, 0.1) is 11.3 Å². The van der Waals surface area contributed by atoms with Crippen LogP contribution in [0.3, 0.4) is 0 Å². The second kappa shape index (κ2) is 5.98. The molecule has 0 saturated heterocycles. The van der Waals surface area contributed by atoms with E-state index in [1.54, 1.807) is 0 Å². The van der Waals surface area contributed by atoms with Gasteiger partial charge in [0.25, 0.3) is 0 Å². The van der Waals surface area contributed by atoms with Crippen molar-refractivity contribution in [1.29, 1.82) is 0 Å². The molecule has 0 bridgehead atoms. The van der Waals surface area contributed by atoms with Gasteiger partial charge < -0.3 is 9.88 Å². The van der Waals surface area contributed by atoms with E-state index in [-0.39, 0.29) is 0 Å². The molecule has 0 aromatic carbocycles. The van der Waals surface area contributed by atoms with E-state index in [1.165, 1.54) is 32.1 Å². The number of imidazole rings is 1. The van der Waals surface area contributed by atoms with Crippen molar-refractivity contribution < 1.29 is 0 Å². The van der Waals surface area contributed by atoms with Crippen LogP contribution in [0.1, 0.15) is 59.8 Å². The van der Waals surface area contributed by atoms with E-state index < -0.39 is 0 Å². The molecule has 2 rings (SSSR count). The van der Waals surface area contributed by atoms with Gasteiger partial charge in [-0.2, -0.15) is 0 Å². The summed E-state index contributed by atoms with van der Waals surface area (Å²) in [6.45, 7) is 10.3. The SMILES string of the molecule is CC(Cn1ccnc1NC1CCCCC1)C(C)(C)C. The van der Waals surface area contributed by atoms with E-state index >= 15 is 0 Å². The summed E-state index contributed by atoms with van der Waals surface area (Å²) in [5.41, 5.74) is 0.340. The van der Waals surface area contributed by atoms with Crippen LogP contribution in [-0.2, 0) is 6.54 Å². The minimum atomic E-state index is 0.340. The lowest BCUT2D eigenvalue weighted by Crippen LogP contribution is -2.26. The van der Waals surface area contributed by atoms with E-state index in [0.717, 1.165) is 12.5 Å². The van der Waals surface area contributed by atoms with Crippen molar-refractivity contribution in [3.05, 3.63) is 12.4 Å². The summed E-state index contributed by atoms with van der Waals surface area (Å²) >= 11 is 0. The van der Waals surface area contributed by atoms with Gasteiger partial charge in [-0.05, 0) is 24.2 Å². The molecule has 1 aliphatic carbocycles. The van der Waals surface area contributed by atoms with Crippen LogP contribution in [0.5, 0.6) is 0 Å². The number of rotatable bonds is 4. The van der Waals surface area contributed by atoms with Gasteiger partial charge in [0.1, 0.15) is 0 Å². The normalized spacial score (nSPS) is 19.4. The summed E-state index contributed by atoms with van der Waals surface area (Å²) in [6.07, 6.45) is 10.7. The molecule has 3 heteroatoms. The summed E-state index contributed by atoms with van der Waals surface area (Å²) in [6, 6.07) is 0.625. The van der Waals surface area contributed by atoms with Crippen molar-refractivity contribution >= 4 is 5.95 Å². The van der Waals surface area contributed by atoms with Crippen LogP contribution >= 0.6 is 0 Å². The lowest BCUT2D eigenvalue weighted by Gasteiger charge is -2.29. The smallest absolute Gasteiger partial charge is 0.202 e. The fourth-order valence-electron chi connectivity index (χ4n) is 2.60. The predicted molar refractivity (Wildman–Crippen MR) is 81.3 cm³/mol. The number of aromatic nitrogens is 2. The Morgan fingerprint density at radius 1 is 1.32 bits per heavy atom. The Morgan fingerprint density at radius 3 is 2.63 bits per heavy atom. The summed E-state index contributed by atoms with van der Waals surface area (Å²) in [5, 5.41) is 3.64. The van der Waals surface area contributed by atoms with Gasteiger partial charge in [0.2, 0.25) is 5.95 Å². The molecule has 1 heterocycles. The van der Waals surface area contributed by atoms with Gasteiger partial charge >= 0.3 is 0 Å². The predicted octanol–water partition coefficient (Wildman–Crippen LogP) is 4.31. The first kappa shape index (κ1) is 14.4. The van der Waals surface area contributed by atoms with E-state index in [0.29, 0.717) is 17.4 Å². The van der Waals surface area contributed by atoms with Crippen LogP contribution < -0.4 is 5.32 Å². The second-order valence-corrected chi connectivity index (χ2v) is 7.15. The summed E-state index contributed by atoms with van der Waals surface area (Å²) in [5.74, 6) is 1.69. The van der Waals surface area contributed by atoms with Crippen LogP contribution in [0.2, 0.25) is 0 Å². The number of anilines is 1. The molecule has 1 saturated carbocycles. The van der Waals surface area contributed by atoms with E-state index in [1.807, 2.05) is 6.20 Å². The number of nitrogens with one attached hydrogen (secondary N) is 1. The van der Waals surface area contributed by atoms with E-state index in [9.17, 15) is 0 Å². The third-order valence-corrected chi connectivity index (χ3v) is 4.60. The Hall–Kier alpha value is -0.990. The Kier molecular flexibility index (Phi) is 4.54. The van der Waals surface area contributed by atoms with Crippen molar-refractivity contribution in [2.24, 2.45) is 11.3 Å². The monoisotopic (exact) mass is 263 g/mol. The zero-order valence-corrected chi connectivity index (χ0v) is 12.9. The number of hydrogen-bond acceptors (Lipinski definition) is 2. The first-order chi connectivity index (χ1) is 8.97. The third-order valence-electron chi connectivity index (χ3n) is 4.60. The van der Waals surface area contributed by atoms with Crippen molar-refractivity contribution in [2.45, 2.75) is 72.4 Å². The quantitative estimate of drug-likeness (QED) is 0.877. The Bertz CT molecular complexity index is 383. The van der Waals surface area contributed by atoms with Gasteiger partial charge in [0.05, 0.1) is 0 Å². The van der Waals surface area contributed by atoms with Gasteiger partial charge in [-0.1, -0.05) is 47.0 Å². The molecule has 0 spiro atoms. The van der Waals surface area contributed by atoms with Gasteiger partial charge in [-0.15, -0.1) is 0 Å². The number of hydrogen-bond donors (Lipinski definition) is 1. The van der Waals surface area contributed by atoms with Crippen LogP contribution in [0.4, 0.5) is 5.95 Å². The fraction of sp³-hybridized carbons (Fsp3) is 0.812. The molecule has 0 aliphatic heterocycles. The number of nitrogens with zero attached hydrogens (tertiary/aromatic N) is 2. The maximum atomic E-state index is 4.50. The fourth-order valence-corrected chi connectivity index (χ4v) is 2.60. The van der Waals surface area contributed by atoms with E-state index in [2.05, 4.69) is 48.8 Å². The van der Waals surface area contributed by atoms with Crippen molar-refractivity contribution in [1.82, 2.24) is 9.55 Å². The highest BCUT2D eigenvalue weighted by atomic mass is 15.2. The van der Waals surface area contributed by atoms with Gasteiger partial charge in [-0.25, -0.2) is 4.98 Å². The molecule has 1 N–H and O–H groups in total. The molecule has 0 radical (unpaired) electrons. The molecule has 1 aliphatic rings. The first-order valence-corrected chi connectivity index (χ1v) is 7.74. The average molecular weight is 263 g/mol. The van der Waals surface area contributed by atoms with Crippen molar-refractivity contribution in [3.8, 4) is 0 Å². The lowest BCUT2D eigenvalue weighted by molar-refractivity contribution is 0.233. The van der Waals surface area contributed by atoms with Gasteiger partial charge in [0, 0.05) is 25.0 Å². The van der Waals surface area contributed by atoms with Crippen LogP contribution in [-0.4, -0.2) is 15.6 Å². The Morgan fingerprint density at radius 2 is 2.00 bits per heavy atom. The molecule has 108 valence electrons. The highest BCUT2D eigenvalue weighted by Crippen LogP contribution is 2.28. The Balaban J connectivity index is 1.97. The molecule has 1 atom stereocenters. The maximum absolute atomic E-state index is 4.50. The van der Waals surface area contributed by atoms with Gasteiger partial charge in [0.15, 0.2) is 0 Å². The topological polar surface area (TPSA) is 29.9 Å². The molecule has 0 amide bonds. The van der Waals surface area contributed by atoms with Crippen LogP contribution in [0.15, 0.2) is 12.4 Å². The highest BCUT2D eigenvalue weighted by molar-refractivity contribution is 5.27. The molecule has 19 heavy (non-hydrogen) atoms. The summed E-state index contributed by atoms with van der Waals surface area (Å²) in [4.78, 5) is 4.50. The molecule has 1 aromatic rings. The lowest BCUT2D eigenvalue weighted by atomic mass is 9.82. The molecule has 3 nitrogen and oxygen atoms in total. The minimum absolute atomic E-state index is 0.340. The largest absolute Gasteiger partial charge is 0.353 e. The summed E-state index contributed by atoms with van der Waals surface area (Å²) in [7, 11) is 0. The standard InChI is InChI=1S/C16H29N3/c1-13(16(2,3)4)12-19-11-10-17-15(19)18-14-8-6-5-7-9-14/h10-11,13-14H,5-9,12H2,1-4H3,(H,17,18). The molecule has 1 fully saturated rings. The maximum Gasteiger partial charge on any atom is 0.202 e. The van der Waals surface area contributed by atoms with Crippen molar-refractivity contribution in [3.63, 3.8) is 0 Å². The minimum Gasteiger partial charge on any atom is -0.353 e. The van der Waals surface area contributed by atoms with Gasteiger partial charge in [-0.3, -0.25) is 0 Å². The molecule has 1 unspecified atom stereocenters.